The molecular formula is C7H15NO. The van der Waals surface area contributed by atoms with Gasteiger partial charge in [-0.15, -0.1) is 0 Å². The Morgan fingerprint density at radius 1 is 1.67 bits per heavy atom. The van der Waals surface area contributed by atoms with Crippen molar-refractivity contribution in [1.29, 1.82) is 0 Å². The van der Waals surface area contributed by atoms with Gasteiger partial charge in [0, 0.05) is 12.5 Å². The van der Waals surface area contributed by atoms with Crippen molar-refractivity contribution in [3.05, 3.63) is 0 Å². The van der Waals surface area contributed by atoms with E-state index >= 15 is 0 Å². The van der Waals surface area contributed by atoms with Crippen LogP contribution in [-0.2, 0) is 4.79 Å². The summed E-state index contributed by atoms with van der Waals surface area (Å²) in [6.45, 7) is 7.35. The van der Waals surface area contributed by atoms with Crippen molar-refractivity contribution < 1.29 is 4.79 Å². The summed E-state index contributed by atoms with van der Waals surface area (Å²) in [7, 11) is 0. The molecule has 1 N–H and O–H groups in total. The zero-order chi connectivity index (χ0) is 7.28. The largest absolute Gasteiger partial charge is 0.316 e. The first-order valence-electron chi connectivity index (χ1n) is 3.39. The summed E-state index contributed by atoms with van der Waals surface area (Å²) < 4.78 is 0. The average molecular weight is 129 g/mol. The Morgan fingerprint density at radius 3 is 2.56 bits per heavy atom. The van der Waals surface area contributed by atoms with Crippen LogP contribution in [0.3, 0.4) is 0 Å². The van der Waals surface area contributed by atoms with Gasteiger partial charge in [0.05, 0.1) is 0 Å². The Hall–Kier alpha value is -0.370. The highest BCUT2D eigenvalue weighted by Crippen LogP contribution is 1.92. The first kappa shape index (κ1) is 8.63. The van der Waals surface area contributed by atoms with Crippen molar-refractivity contribution in [2.24, 2.45) is 5.92 Å². The van der Waals surface area contributed by atoms with Crippen LogP contribution >= 0.6 is 0 Å². The smallest absolute Gasteiger partial charge is 0.133 e. The predicted octanol–water partition coefficient (Wildman–Crippen LogP) is 0.821. The Kier molecular flexibility index (Phi) is 4.32. The van der Waals surface area contributed by atoms with Crippen LogP contribution in [0, 0.1) is 5.92 Å². The standard InChI is InChI=1S/C7H15NO/c1-4-8-5-6(2)7(3)9/h6,8H,4-5H2,1-3H3/t6-/m1/s1. The first-order valence-corrected chi connectivity index (χ1v) is 3.39. The monoisotopic (exact) mass is 129 g/mol. The van der Waals surface area contributed by atoms with Gasteiger partial charge in [-0.1, -0.05) is 13.8 Å². The van der Waals surface area contributed by atoms with Gasteiger partial charge in [-0.2, -0.15) is 0 Å². The molecule has 0 aromatic carbocycles. The number of carbonyl (C=O) groups excluding carboxylic acids is 1. The van der Waals surface area contributed by atoms with E-state index in [0.29, 0.717) is 0 Å². The molecule has 0 amide bonds. The predicted molar refractivity (Wildman–Crippen MR) is 38.4 cm³/mol. The van der Waals surface area contributed by atoms with Crippen LogP contribution in [0.15, 0.2) is 0 Å². The van der Waals surface area contributed by atoms with Gasteiger partial charge in [0.1, 0.15) is 5.78 Å². The minimum atomic E-state index is 0.171. The van der Waals surface area contributed by atoms with Crippen molar-refractivity contribution >= 4 is 5.78 Å². The summed E-state index contributed by atoms with van der Waals surface area (Å²) in [4.78, 5) is 10.6. The first-order chi connectivity index (χ1) is 4.18. The third kappa shape index (κ3) is 4.15. The second-order valence-corrected chi connectivity index (χ2v) is 2.32. The summed E-state index contributed by atoms with van der Waals surface area (Å²) in [6.07, 6.45) is 0. The summed E-state index contributed by atoms with van der Waals surface area (Å²) in [5, 5.41) is 3.11. The molecule has 1 atom stereocenters. The molecule has 54 valence electrons. The van der Waals surface area contributed by atoms with E-state index in [1.807, 2.05) is 13.8 Å². The van der Waals surface area contributed by atoms with Crippen molar-refractivity contribution in [2.75, 3.05) is 13.1 Å². The van der Waals surface area contributed by atoms with Gasteiger partial charge in [0.2, 0.25) is 0 Å². The van der Waals surface area contributed by atoms with Crippen LogP contribution in [0.25, 0.3) is 0 Å². The summed E-state index contributed by atoms with van der Waals surface area (Å²) in [5.41, 5.74) is 0. The van der Waals surface area contributed by atoms with Gasteiger partial charge in [-0.05, 0) is 13.5 Å². The van der Waals surface area contributed by atoms with E-state index in [0.717, 1.165) is 13.1 Å². The topological polar surface area (TPSA) is 29.1 Å². The third-order valence-corrected chi connectivity index (χ3v) is 1.39. The minimum absolute atomic E-state index is 0.171. The molecule has 0 unspecified atom stereocenters. The maximum absolute atomic E-state index is 10.6. The highest BCUT2D eigenvalue weighted by Gasteiger charge is 2.04. The summed E-state index contributed by atoms with van der Waals surface area (Å²) in [5.74, 6) is 0.431. The Bertz CT molecular complexity index is 90.9. The maximum atomic E-state index is 10.6. The lowest BCUT2D eigenvalue weighted by Crippen LogP contribution is -2.24. The van der Waals surface area contributed by atoms with Crippen molar-refractivity contribution in [3.8, 4) is 0 Å². The van der Waals surface area contributed by atoms with Gasteiger partial charge in [0.25, 0.3) is 0 Å². The number of carbonyl (C=O) groups is 1. The highest BCUT2D eigenvalue weighted by molar-refractivity contribution is 5.78. The molecule has 0 aromatic heterocycles. The van der Waals surface area contributed by atoms with E-state index in [9.17, 15) is 4.79 Å². The molecule has 0 aromatic rings. The number of rotatable bonds is 4. The molecule has 0 fully saturated rings. The Labute approximate surface area is 56.6 Å². The highest BCUT2D eigenvalue weighted by atomic mass is 16.1. The average Bonchev–Trinajstić information content (AvgIpc) is 1.82. The fourth-order valence-electron chi connectivity index (χ4n) is 0.505. The number of Topliss-reactive ketones (excluding diaryl/α,β-unsaturated/α-hetero) is 1. The Morgan fingerprint density at radius 2 is 2.22 bits per heavy atom. The molecule has 0 saturated carbocycles. The molecular weight excluding hydrogens is 114 g/mol. The van der Waals surface area contributed by atoms with Gasteiger partial charge in [-0.25, -0.2) is 0 Å². The van der Waals surface area contributed by atoms with Crippen LogP contribution < -0.4 is 5.32 Å². The van der Waals surface area contributed by atoms with Crippen molar-refractivity contribution in [3.63, 3.8) is 0 Å². The zero-order valence-corrected chi connectivity index (χ0v) is 6.40. The second-order valence-electron chi connectivity index (χ2n) is 2.32. The second kappa shape index (κ2) is 4.50. The van der Waals surface area contributed by atoms with Crippen molar-refractivity contribution in [2.45, 2.75) is 20.8 Å². The summed E-state index contributed by atoms with van der Waals surface area (Å²) >= 11 is 0. The van der Waals surface area contributed by atoms with Gasteiger partial charge >= 0.3 is 0 Å². The fourth-order valence-corrected chi connectivity index (χ4v) is 0.505. The minimum Gasteiger partial charge on any atom is -0.316 e. The normalized spacial score (nSPS) is 13.2. The van der Waals surface area contributed by atoms with E-state index in [1.165, 1.54) is 0 Å². The van der Waals surface area contributed by atoms with Crippen LogP contribution in [0.4, 0.5) is 0 Å². The number of hydrogen-bond donors (Lipinski definition) is 1. The molecule has 0 bridgehead atoms. The van der Waals surface area contributed by atoms with E-state index in [4.69, 9.17) is 0 Å². The maximum Gasteiger partial charge on any atom is 0.133 e. The van der Waals surface area contributed by atoms with Gasteiger partial charge in [0.15, 0.2) is 0 Å². The number of ketones is 1. The third-order valence-electron chi connectivity index (χ3n) is 1.39. The lowest BCUT2D eigenvalue weighted by atomic mass is 10.1. The van der Waals surface area contributed by atoms with E-state index in [2.05, 4.69) is 5.32 Å². The molecule has 2 nitrogen and oxygen atoms in total. The SMILES string of the molecule is CCNC[C@@H](C)C(C)=O. The molecule has 2 heteroatoms. The molecule has 9 heavy (non-hydrogen) atoms. The molecule has 0 radical (unpaired) electrons. The lowest BCUT2D eigenvalue weighted by molar-refractivity contribution is -0.120. The molecule has 0 rings (SSSR count). The molecule has 0 heterocycles. The fraction of sp³-hybridized carbons (Fsp3) is 0.857. The van der Waals surface area contributed by atoms with Crippen molar-refractivity contribution in [1.82, 2.24) is 5.32 Å². The molecule has 0 saturated heterocycles. The van der Waals surface area contributed by atoms with E-state index < -0.39 is 0 Å². The lowest BCUT2D eigenvalue weighted by Gasteiger charge is -2.05. The van der Waals surface area contributed by atoms with Crippen LogP contribution in [-0.4, -0.2) is 18.9 Å². The van der Waals surface area contributed by atoms with E-state index in [1.54, 1.807) is 6.92 Å². The zero-order valence-electron chi connectivity index (χ0n) is 6.40. The molecule has 0 aliphatic carbocycles. The van der Waals surface area contributed by atoms with Crippen LogP contribution in [0.1, 0.15) is 20.8 Å². The summed E-state index contributed by atoms with van der Waals surface area (Å²) in [6, 6.07) is 0. The molecule has 0 aliphatic rings. The van der Waals surface area contributed by atoms with E-state index in [-0.39, 0.29) is 11.7 Å². The number of hydrogen-bond acceptors (Lipinski definition) is 2. The molecule has 0 aliphatic heterocycles. The van der Waals surface area contributed by atoms with Gasteiger partial charge in [-0.3, -0.25) is 4.79 Å². The Balaban J connectivity index is 3.27. The van der Waals surface area contributed by atoms with Crippen LogP contribution in [0.2, 0.25) is 0 Å². The molecule has 0 spiro atoms. The number of nitrogens with one attached hydrogen (secondary N) is 1. The quantitative estimate of drug-likeness (QED) is 0.609. The van der Waals surface area contributed by atoms with Crippen LogP contribution in [0.5, 0.6) is 0 Å². The van der Waals surface area contributed by atoms with Gasteiger partial charge < -0.3 is 5.32 Å².